The van der Waals surface area contributed by atoms with Gasteiger partial charge in [0.1, 0.15) is 0 Å². The predicted molar refractivity (Wildman–Crippen MR) is 72.9 cm³/mol. The first-order valence-corrected chi connectivity index (χ1v) is 6.71. The molecule has 0 radical (unpaired) electrons. The molecule has 0 aromatic heterocycles. The Morgan fingerprint density at radius 1 is 1.41 bits per heavy atom. The lowest BCUT2D eigenvalue weighted by atomic mass is 10.1. The number of halogens is 1. The summed E-state index contributed by atoms with van der Waals surface area (Å²) in [6.07, 6.45) is 4.65. The molecule has 1 amide bonds. The Hall–Kier alpha value is -1.03. The molecule has 17 heavy (non-hydrogen) atoms. The molecule has 0 heterocycles. The summed E-state index contributed by atoms with van der Waals surface area (Å²) >= 11 is 3.37. The minimum absolute atomic E-state index is 0.0238. The van der Waals surface area contributed by atoms with E-state index in [1.165, 1.54) is 12.8 Å². The third-order valence-corrected chi connectivity index (χ3v) is 3.93. The van der Waals surface area contributed by atoms with Gasteiger partial charge in [0.05, 0.1) is 5.56 Å². The number of carbonyl (C=O) groups is 1. The molecule has 4 heteroatoms. The Labute approximate surface area is 110 Å². The third kappa shape index (κ3) is 2.63. The molecule has 3 nitrogen and oxygen atoms in total. The molecule has 1 fully saturated rings. The maximum atomic E-state index is 12.3. The van der Waals surface area contributed by atoms with Crippen LogP contribution < -0.4 is 5.73 Å². The van der Waals surface area contributed by atoms with Crippen LogP contribution in [-0.4, -0.2) is 23.9 Å². The lowest BCUT2D eigenvalue weighted by molar-refractivity contribution is 0.0736. The SMILES string of the molecule is CN(C(=O)c1cc(Br)ccc1N)C1CCCC1. The molecule has 0 unspecified atom stereocenters. The highest BCUT2D eigenvalue weighted by Gasteiger charge is 2.25. The number of carbonyl (C=O) groups excluding carboxylic acids is 1. The summed E-state index contributed by atoms with van der Waals surface area (Å²) in [7, 11) is 1.87. The number of nitrogens with zero attached hydrogens (tertiary/aromatic N) is 1. The summed E-state index contributed by atoms with van der Waals surface area (Å²) in [6, 6.07) is 5.78. The van der Waals surface area contributed by atoms with Gasteiger partial charge >= 0.3 is 0 Å². The summed E-state index contributed by atoms with van der Waals surface area (Å²) in [6.45, 7) is 0. The van der Waals surface area contributed by atoms with Crippen molar-refractivity contribution in [2.24, 2.45) is 0 Å². The first-order valence-electron chi connectivity index (χ1n) is 5.92. The monoisotopic (exact) mass is 296 g/mol. The Kier molecular flexibility index (Phi) is 3.72. The van der Waals surface area contributed by atoms with E-state index in [1.807, 2.05) is 18.0 Å². The van der Waals surface area contributed by atoms with Gasteiger partial charge in [-0.25, -0.2) is 0 Å². The van der Waals surface area contributed by atoms with Crippen LogP contribution in [0.4, 0.5) is 5.69 Å². The highest BCUT2D eigenvalue weighted by atomic mass is 79.9. The first-order chi connectivity index (χ1) is 8.09. The molecule has 0 spiro atoms. The van der Waals surface area contributed by atoms with Gasteiger partial charge in [0.25, 0.3) is 5.91 Å². The quantitative estimate of drug-likeness (QED) is 0.853. The highest BCUT2D eigenvalue weighted by Crippen LogP contribution is 2.26. The largest absolute Gasteiger partial charge is 0.398 e. The van der Waals surface area contributed by atoms with Gasteiger partial charge in [-0.15, -0.1) is 0 Å². The lowest BCUT2D eigenvalue weighted by Gasteiger charge is -2.25. The van der Waals surface area contributed by atoms with Crippen molar-refractivity contribution in [3.05, 3.63) is 28.2 Å². The van der Waals surface area contributed by atoms with Gasteiger partial charge in [-0.3, -0.25) is 4.79 Å². The van der Waals surface area contributed by atoms with Crippen molar-refractivity contribution in [2.75, 3.05) is 12.8 Å². The standard InChI is InChI=1S/C13H17BrN2O/c1-16(10-4-2-3-5-10)13(17)11-8-9(14)6-7-12(11)15/h6-8,10H,2-5,15H2,1H3. The van der Waals surface area contributed by atoms with Gasteiger partial charge < -0.3 is 10.6 Å². The Bertz CT molecular complexity index is 427. The van der Waals surface area contributed by atoms with Crippen LogP contribution >= 0.6 is 15.9 Å². The zero-order chi connectivity index (χ0) is 12.4. The van der Waals surface area contributed by atoms with E-state index in [0.717, 1.165) is 17.3 Å². The van der Waals surface area contributed by atoms with Gasteiger partial charge in [-0.05, 0) is 31.0 Å². The van der Waals surface area contributed by atoms with E-state index in [9.17, 15) is 4.79 Å². The van der Waals surface area contributed by atoms with E-state index >= 15 is 0 Å². The molecular formula is C13H17BrN2O. The molecule has 0 atom stereocenters. The number of hydrogen-bond acceptors (Lipinski definition) is 2. The van der Waals surface area contributed by atoms with Gasteiger partial charge in [0.2, 0.25) is 0 Å². The molecule has 0 saturated heterocycles. The van der Waals surface area contributed by atoms with Crippen molar-refractivity contribution in [3.63, 3.8) is 0 Å². The second kappa shape index (κ2) is 5.08. The Morgan fingerprint density at radius 3 is 2.71 bits per heavy atom. The average molecular weight is 297 g/mol. The van der Waals surface area contributed by atoms with Crippen LogP contribution in [0.25, 0.3) is 0 Å². The van der Waals surface area contributed by atoms with Crippen molar-refractivity contribution >= 4 is 27.5 Å². The van der Waals surface area contributed by atoms with Crippen LogP contribution in [0.3, 0.4) is 0 Å². The molecule has 92 valence electrons. The highest BCUT2D eigenvalue weighted by molar-refractivity contribution is 9.10. The summed E-state index contributed by atoms with van der Waals surface area (Å²) in [5.74, 6) is 0.0238. The molecule has 1 saturated carbocycles. The Balaban J connectivity index is 2.20. The fourth-order valence-corrected chi connectivity index (χ4v) is 2.72. The minimum Gasteiger partial charge on any atom is -0.398 e. The van der Waals surface area contributed by atoms with Crippen LogP contribution in [0.15, 0.2) is 22.7 Å². The number of hydrogen-bond donors (Lipinski definition) is 1. The van der Waals surface area contributed by atoms with Crippen molar-refractivity contribution in [1.29, 1.82) is 0 Å². The van der Waals surface area contributed by atoms with Crippen LogP contribution in [0.2, 0.25) is 0 Å². The fraction of sp³-hybridized carbons (Fsp3) is 0.462. The van der Waals surface area contributed by atoms with Crippen LogP contribution in [0.5, 0.6) is 0 Å². The minimum atomic E-state index is 0.0238. The van der Waals surface area contributed by atoms with Gasteiger partial charge in [-0.2, -0.15) is 0 Å². The van der Waals surface area contributed by atoms with Crippen molar-refractivity contribution < 1.29 is 4.79 Å². The van der Waals surface area contributed by atoms with E-state index in [1.54, 1.807) is 12.1 Å². The maximum Gasteiger partial charge on any atom is 0.255 e. The van der Waals surface area contributed by atoms with E-state index < -0.39 is 0 Å². The van der Waals surface area contributed by atoms with Crippen LogP contribution in [0.1, 0.15) is 36.0 Å². The van der Waals surface area contributed by atoms with Crippen LogP contribution in [-0.2, 0) is 0 Å². The molecule has 1 aliphatic carbocycles. The molecule has 1 aliphatic rings. The lowest BCUT2D eigenvalue weighted by Crippen LogP contribution is -2.35. The molecule has 0 bridgehead atoms. The van der Waals surface area contributed by atoms with E-state index in [4.69, 9.17) is 5.73 Å². The summed E-state index contributed by atoms with van der Waals surface area (Å²) in [5.41, 5.74) is 6.99. The Morgan fingerprint density at radius 2 is 2.06 bits per heavy atom. The smallest absolute Gasteiger partial charge is 0.255 e. The number of nitrogens with two attached hydrogens (primary N) is 1. The van der Waals surface area contributed by atoms with Crippen molar-refractivity contribution in [1.82, 2.24) is 4.90 Å². The number of nitrogen functional groups attached to an aromatic ring is 1. The molecular weight excluding hydrogens is 280 g/mol. The second-order valence-electron chi connectivity index (χ2n) is 4.59. The number of anilines is 1. The molecule has 0 aliphatic heterocycles. The van der Waals surface area contributed by atoms with E-state index in [-0.39, 0.29) is 5.91 Å². The van der Waals surface area contributed by atoms with E-state index in [2.05, 4.69) is 15.9 Å². The van der Waals surface area contributed by atoms with E-state index in [0.29, 0.717) is 17.3 Å². The number of benzene rings is 1. The molecule has 1 aromatic carbocycles. The zero-order valence-electron chi connectivity index (χ0n) is 9.95. The van der Waals surface area contributed by atoms with Gasteiger partial charge in [0, 0.05) is 23.2 Å². The van der Waals surface area contributed by atoms with Crippen molar-refractivity contribution in [3.8, 4) is 0 Å². The number of rotatable bonds is 2. The zero-order valence-corrected chi connectivity index (χ0v) is 11.5. The molecule has 1 aromatic rings. The summed E-state index contributed by atoms with van der Waals surface area (Å²) in [5, 5.41) is 0. The topological polar surface area (TPSA) is 46.3 Å². The summed E-state index contributed by atoms with van der Waals surface area (Å²) < 4.78 is 0.884. The van der Waals surface area contributed by atoms with Crippen LogP contribution in [0, 0.1) is 0 Å². The predicted octanol–water partition coefficient (Wildman–Crippen LogP) is 3.05. The fourth-order valence-electron chi connectivity index (χ4n) is 2.36. The normalized spacial score (nSPS) is 16.1. The van der Waals surface area contributed by atoms with Gasteiger partial charge in [-0.1, -0.05) is 28.8 Å². The molecule has 2 rings (SSSR count). The van der Waals surface area contributed by atoms with Crippen molar-refractivity contribution in [2.45, 2.75) is 31.7 Å². The first kappa shape index (κ1) is 12.4. The van der Waals surface area contributed by atoms with Gasteiger partial charge in [0.15, 0.2) is 0 Å². The average Bonchev–Trinajstić information content (AvgIpc) is 2.84. The maximum absolute atomic E-state index is 12.3. The molecule has 2 N–H and O–H groups in total. The second-order valence-corrected chi connectivity index (χ2v) is 5.50. The summed E-state index contributed by atoms with van der Waals surface area (Å²) in [4.78, 5) is 14.2. The third-order valence-electron chi connectivity index (χ3n) is 3.44. The number of amides is 1.